The van der Waals surface area contributed by atoms with Crippen molar-refractivity contribution in [1.29, 1.82) is 0 Å². The number of nitro benzene ring substituents is 1. The number of phenolic OH excluding ortho intramolecular Hbond substituents is 1. The number of carbonyl (C=O) groups excluding carboxylic acids is 6. The molecule has 1 spiro atoms. The molecular weight excluding hydrogens is 1020 g/mol. The first-order valence-corrected chi connectivity index (χ1v) is 25.2. The lowest BCUT2D eigenvalue weighted by Gasteiger charge is -2.46. The van der Waals surface area contributed by atoms with Gasteiger partial charge in [0.05, 0.1) is 57.1 Å². The van der Waals surface area contributed by atoms with Crippen LogP contribution in [0.15, 0.2) is 140 Å². The van der Waals surface area contributed by atoms with Crippen molar-refractivity contribution in [3.8, 4) is 29.1 Å². The van der Waals surface area contributed by atoms with Crippen LogP contribution in [0, 0.1) is 33.8 Å². The molecule has 4 heterocycles. The largest absolute Gasteiger partial charge is 0.508 e. The molecule has 1 N–H and O–H groups in total. The topological polar surface area (TPSA) is 231 Å². The fraction of sp³-hybridized carbons (Fsp3) is 0.267. The third-order valence-corrected chi connectivity index (χ3v) is 15.2. The smallest absolute Gasteiger partial charge is 0.421 e. The van der Waals surface area contributed by atoms with Gasteiger partial charge in [-0.3, -0.25) is 39.0 Å². The molecule has 6 aromatic rings. The van der Waals surface area contributed by atoms with Crippen molar-refractivity contribution in [1.82, 2.24) is 9.80 Å². The number of carbonyl (C=O) groups is 6. The minimum absolute atomic E-state index is 0.0105. The predicted molar refractivity (Wildman–Crippen MR) is 281 cm³/mol. The summed E-state index contributed by atoms with van der Waals surface area (Å²) in [6.45, 7) is -0.296. The van der Waals surface area contributed by atoms with E-state index >= 15 is 19.2 Å². The van der Waals surface area contributed by atoms with Crippen molar-refractivity contribution in [2.75, 3.05) is 39.9 Å². The summed E-state index contributed by atoms with van der Waals surface area (Å²) >= 11 is 0. The molecule has 4 aliphatic rings. The number of nitro groups is 1. The second-order valence-electron chi connectivity index (χ2n) is 19.3. The van der Waals surface area contributed by atoms with Crippen LogP contribution < -0.4 is 14.4 Å². The molecule has 0 aliphatic carbocycles. The van der Waals surface area contributed by atoms with E-state index in [1.54, 1.807) is 29.2 Å². The number of morpholine rings is 1. The molecular formula is C60H52N4O15. The van der Waals surface area contributed by atoms with Crippen molar-refractivity contribution in [3.63, 3.8) is 0 Å². The summed E-state index contributed by atoms with van der Waals surface area (Å²) < 4.78 is 33.5. The monoisotopic (exact) mass is 1070 g/mol. The summed E-state index contributed by atoms with van der Waals surface area (Å²) in [5.74, 6) is -0.584. The van der Waals surface area contributed by atoms with Gasteiger partial charge in [-0.1, -0.05) is 84.6 Å². The van der Waals surface area contributed by atoms with Crippen LogP contribution >= 0.6 is 0 Å². The molecule has 4 aliphatic heterocycles. The van der Waals surface area contributed by atoms with Crippen LogP contribution in [0.5, 0.6) is 17.2 Å². The maximum absolute atomic E-state index is 16.8. The Morgan fingerprint density at radius 2 is 1.41 bits per heavy atom. The minimum atomic E-state index is -2.26. The van der Waals surface area contributed by atoms with Gasteiger partial charge in [0, 0.05) is 37.2 Å². The highest BCUT2D eigenvalue weighted by Gasteiger charge is 2.76. The maximum Gasteiger partial charge on any atom is 0.421 e. The number of benzene rings is 6. The third-order valence-electron chi connectivity index (χ3n) is 15.2. The lowest BCUT2D eigenvalue weighted by molar-refractivity contribution is -0.384. The van der Waals surface area contributed by atoms with Crippen molar-refractivity contribution >= 4 is 47.2 Å². The van der Waals surface area contributed by atoms with Gasteiger partial charge in [0.1, 0.15) is 29.9 Å². The molecule has 3 amide bonds. The summed E-state index contributed by atoms with van der Waals surface area (Å²) in [6, 6.07) is 34.1. The minimum Gasteiger partial charge on any atom is -0.508 e. The number of hydrogen-bond donors (Lipinski definition) is 1. The molecule has 6 aromatic carbocycles. The van der Waals surface area contributed by atoms with Gasteiger partial charge in [0.25, 0.3) is 5.69 Å². The number of methoxy groups -OCH3 is 4. The molecule has 0 saturated carbocycles. The Bertz CT molecular complexity index is 3440. The first-order chi connectivity index (χ1) is 38.2. The molecule has 2 saturated heterocycles. The number of esters is 3. The number of non-ortho nitro benzene ring substituents is 1. The second kappa shape index (κ2) is 21.8. The van der Waals surface area contributed by atoms with Crippen LogP contribution in [0.25, 0.3) is 0 Å². The molecule has 19 heteroatoms. The van der Waals surface area contributed by atoms with E-state index < -0.39 is 88.8 Å². The number of rotatable bonds is 12. The molecule has 0 unspecified atom stereocenters. The number of anilines is 1. The van der Waals surface area contributed by atoms with E-state index in [1.807, 2.05) is 71.6 Å². The third kappa shape index (κ3) is 9.39. The van der Waals surface area contributed by atoms with Gasteiger partial charge in [-0.2, -0.15) is 0 Å². The van der Waals surface area contributed by atoms with Gasteiger partial charge in [-0.05, 0) is 100.0 Å². The lowest BCUT2D eigenvalue weighted by Crippen LogP contribution is -2.57. The Kier molecular flexibility index (Phi) is 14.6. The number of fused-ring (bicyclic) bond motifs is 4. The summed E-state index contributed by atoms with van der Waals surface area (Å²) in [6.07, 6.45) is -2.20. The number of amides is 3. The predicted octanol–water partition coefficient (Wildman–Crippen LogP) is 7.61. The zero-order chi connectivity index (χ0) is 55.7. The van der Waals surface area contributed by atoms with E-state index in [0.29, 0.717) is 40.2 Å². The van der Waals surface area contributed by atoms with E-state index in [2.05, 4.69) is 11.8 Å². The molecule has 402 valence electrons. The Morgan fingerprint density at radius 3 is 2.03 bits per heavy atom. The Hall–Kier alpha value is -9.54. The highest BCUT2D eigenvalue weighted by atomic mass is 16.6. The standard InChI is InChI=1S/C60H52N4O15/c1-74-47-31-40-28-29-61(33-41(40)32-48(47)75-2)54(66)49-51-57(69)79-52(38-15-9-6-10-16-38)50(37-13-7-5-8-14-37)63(51)53(39-21-25-43(65)26-22-39)60(49)45-30-35(12-11-17-44(55(67)76-3)56(68)77-4)20-27-46(45)62(58(60)70)59(71)78-34-36-18-23-42(24-19-36)64(72)73/h5-10,13-16,18-27,30-32,44,49-53,65H,17,28-29,33-34H2,1-4H3/t49-,50-,51-,52+,53+,60-/m1/s1. The van der Waals surface area contributed by atoms with Crippen LogP contribution in [0.1, 0.15) is 69.1 Å². The fourth-order valence-corrected chi connectivity index (χ4v) is 11.6. The number of aromatic hydroxyl groups is 1. The van der Waals surface area contributed by atoms with Gasteiger partial charge in [-0.15, -0.1) is 0 Å². The van der Waals surface area contributed by atoms with Gasteiger partial charge in [0.15, 0.2) is 17.4 Å². The molecule has 2 fully saturated rings. The fourth-order valence-electron chi connectivity index (χ4n) is 11.6. The Balaban J connectivity index is 1.23. The lowest BCUT2D eigenvalue weighted by atomic mass is 9.64. The van der Waals surface area contributed by atoms with Crippen LogP contribution in [-0.4, -0.2) is 96.7 Å². The zero-order valence-corrected chi connectivity index (χ0v) is 43.2. The van der Waals surface area contributed by atoms with E-state index in [4.69, 9.17) is 28.4 Å². The summed E-state index contributed by atoms with van der Waals surface area (Å²) in [4.78, 5) is 105. The highest BCUT2D eigenvalue weighted by Crippen LogP contribution is 2.66. The molecule has 79 heavy (non-hydrogen) atoms. The molecule has 0 radical (unpaired) electrons. The Morgan fingerprint density at radius 1 is 0.772 bits per heavy atom. The van der Waals surface area contributed by atoms with Crippen LogP contribution in [0.2, 0.25) is 0 Å². The van der Waals surface area contributed by atoms with Crippen LogP contribution in [-0.2, 0) is 67.9 Å². The van der Waals surface area contributed by atoms with E-state index in [9.17, 15) is 24.8 Å². The molecule has 6 atom stereocenters. The summed E-state index contributed by atoms with van der Waals surface area (Å²) in [5, 5.41) is 22.4. The summed E-state index contributed by atoms with van der Waals surface area (Å²) in [7, 11) is 5.27. The summed E-state index contributed by atoms with van der Waals surface area (Å²) in [5.41, 5.74) is 1.45. The number of imide groups is 1. The van der Waals surface area contributed by atoms with Gasteiger partial charge < -0.3 is 38.4 Å². The van der Waals surface area contributed by atoms with Crippen LogP contribution in [0.3, 0.4) is 0 Å². The molecule has 10 rings (SSSR count). The van der Waals surface area contributed by atoms with E-state index in [0.717, 1.165) is 30.2 Å². The first-order valence-electron chi connectivity index (χ1n) is 25.2. The maximum atomic E-state index is 16.8. The Labute approximate surface area is 453 Å². The van der Waals surface area contributed by atoms with E-state index in [1.165, 1.54) is 62.8 Å². The number of hydrogen-bond acceptors (Lipinski definition) is 16. The van der Waals surface area contributed by atoms with Gasteiger partial charge >= 0.3 is 24.0 Å². The molecule has 0 bridgehead atoms. The number of nitrogens with zero attached hydrogens (tertiary/aromatic N) is 4. The average molecular weight is 1070 g/mol. The second-order valence-corrected chi connectivity index (χ2v) is 19.3. The normalized spacial score (nSPS) is 20.9. The van der Waals surface area contributed by atoms with Crippen molar-refractivity contribution in [3.05, 3.63) is 194 Å². The average Bonchev–Trinajstić information content (AvgIpc) is 2.61. The highest BCUT2D eigenvalue weighted by molar-refractivity contribution is 6.23. The number of cyclic esters (lactones) is 1. The van der Waals surface area contributed by atoms with E-state index in [-0.39, 0.29) is 47.8 Å². The van der Waals surface area contributed by atoms with Crippen LogP contribution in [0.4, 0.5) is 16.2 Å². The van der Waals surface area contributed by atoms with Crippen molar-refractivity contribution in [2.45, 2.75) is 55.6 Å². The van der Waals surface area contributed by atoms with Crippen molar-refractivity contribution < 1.29 is 67.2 Å². The molecule has 0 aromatic heterocycles. The quantitative estimate of drug-likeness (QED) is 0.0310. The number of phenols is 1. The molecule has 19 nitrogen and oxygen atoms in total. The van der Waals surface area contributed by atoms with Gasteiger partial charge in [0.2, 0.25) is 11.8 Å². The van der Waals surface area contributed by atoms with Gasteiger partial charge in [-0.25, -0.2) is 9.69 Å². The van der Waals surface area contributed by atoms with Crippen molar-refractivity contribution in [2.24, 2.45) is 11.8 Å². The zero-order valence-electron chi connectivity index (χ0n) is 43.2. The number of ether oxygens (including phenoxy) is 6. The first kappa shape index (κ1) is 52.9. The SMILES string of the molecule is COC(=O)C(CC#Cc1ccc2c(c1)[C@]1(C(=O)N2C(=O)OCc2ccc([N+](=O)[O-])cc2)[C@H](c2ccc(O)cc2)N2[C@H](c3ccccc3)[C@H](c3ccccc3)OC(=O)[C@H]2[C@@H]1C(=O)N1CCc2cc(OC)c(OC)cc2C1)C(=O)OC.